The van der Waals surface area contributed by atoms with E-state index in [0.717, 1.165) is 11.4 Å². The van der Waals surface area contributed by atoms with Gasteiger partial charge in [0.25, 0.3) is 5.91 Å². The molecule has 1 heterocycles. The Hall–Kier alpha value is -1.75. The molecule has 0 saturated heterocycles. The molecule has 1 fully saturated rings. The van der Waals surface area contributed by atoms with Gasteiger partial charge in [0.15, 0.2) is 17.5 Å². The standard InChI is InChI=1S/C19H28N2O3/c1-14(20-15-7-5-3-2-4-6-8-15)19(22)21-16-9-10-17-18(13-16)24-12-11-23-17/h9-10,13-15,20H,2-8,11-12H2,1H3,(H,21,22)/p+1/t14-/m1/s1. The third-order valence-corrected chi connectivity index (χ3v) is 4.93. The van der Waals surface area contributed by atoms with Crippen molar-refractivity contribution in [2.24, 2.45) is 0 Å². The van der Waals surface area contributed by atoms with Gasteiger partial charge in [-0.3, -0.25) is 4.79 Å². The summed E-state index contributed by atoms with van der Waals surface area (Å²) in [7, 11) is 0. The van der Waals surface area contributed by atoms with Crippen LogP contribution in [0.4, 0.5) is 5.69 Å². The number of hydrogen-bond acceptors (Lipinski definition) is 3. The monoisotopic (exact) mass is 333 g/mol. The summed E-state index contributed by atoms with van der Waals surface area (Å²) in [4.78, 5) is 12.5. The third-order valence-electron chi connectivity index (χ3n) is 4.93. The Balaban J connectivity index is 1.53. The molecule has 0 unspecified atom stereocenters. The van der Waals surface area contributed by atoms with Crippen LogP contribution in [0, 0.1) is 0 Å². The number of carbonyl (C=O) groups is 1. The molecule has 3 rings (SSSR count). The number of hydrogen-bond donors (Lipinski definition) is 2. The lowest BCUT2D eigenvalue weighted by Crippen LogP contribution is -2.96. The number of carbonyl (C=O) groups excluding carboxylic acids is 1. The van der Waals surface area contributed by atoms with Gasteiger partial charge in [-0.2, -0.15) is 0 Å². The summed E-state index contributed by atoms with van der Waals surface area (Å²) in [5, 5.41) is 5.25. The van der Waals surface area contributed by atoms with Crippen LogP contribution in [0.5, 0.6) is 11.5 Å². The quantitative estimate of drug-likeness (QED) is 0.890. The highest BCUT2D eigenvalue weighted by molar-refractivity contribution is 5.93. The number of rotatable bonds is 4. The molecule has 1 aromatic carbocycles. The molecular weight excluding hydrogens is 304 g/mol. The largest absolute Gasteiger partial charge is 0.486 e. The second-order valence-corrected chi connectivity index (χ2v) is 6.93. The molecule has 0 radical (unpaired) electrons. The molecule has 1 aliphatic heterocycles. The number of benzene rings is 1. The zero-order valence-corrected chi connectivity index (χ0v) is 14.6. The van der Waals surface area contributed by atoms with Crippen molar-refractivity contribution >= 4 is 11.6 Å². The molecule has 1 aromatic rings. The maximum absolute atomic E-state index is 12.5. The molecule has 132 valence electrons. The molecular formula is C19H29N2O3+. The first kappa shape index (κ1) is 17.1. The van der Waals surface area contributed by atoms with Crippen molar-refractivity contribution < 1.29 is 19.6 Å². The summed E-state index contributed by atoms with van der Waals surface area (Å²) in [6.45, 7) is 3.12. The van der Waals surface area contributed by atoms with Gasteiger partial charge in [0.05, 0.1) is 6.04 Å². The fourth-order valence-electron chi connectivity index (χ4n) is 3.55. The number of anilines is 1. The summed E-state index contributed by atoms with van der Waals surface area (Å²) in [5.74, 6) is 1.50. The van der Waals surface area contributed by atoms with E-state index < -0.39 is 0 Å². The van der Waals surface area contributed by atoms with E-state index in [9.17, 15) is 4.79 Å². The van der Waals surface area contributed by atoms with E-state index in [2.05, 4.69) is 10.6 Å². The summed E-state index contributed by atoms with van der Waals surface area (Å²) < 4.78 is 11.1. The van der Waals surface area contributed by atoms with E-state index >= 15 is 0 Å². The van der Waals surface area contributed by atoms with E-state index in [0.29, 0.717) is 25.0 Å². The summed E-state index contributed by atoms with van der Waals surface area (Å²) >= 11 is 0. The fourth-order valence-corrected chi connectivity index (χ4v) is 3.55. The summed E-state index contributed by atoms with van der Waals surface area (Å²) in [6.07, 6.45) is 9.07. The number of ether oxygens (including phenoxy) is 2. The first-order chi connectivity index (χ1) is 11.7. The van der Waals surface area contributed by atoms with Crippen molar-refractivity contribution in [1.82, 2.24) is 0 Å². The summed E-state index contributed by atoms with van der Waals surface area (Å²) in [6, 6.07) is 6.06. The normalized spacial score (nSPS) is 19.9. The van der Waals surface area contributed by atoms with Gasteiger partial charge in [-0.15, -0.1) is 0 Å². The molecule has 5 heteroatoms. The average molecular weight is 333 g/mol. The van der Waals surface area contributed by atoms with E-state index in [4.69, 9.17) is 9.47 Å². The maximum atomic E-state index is 12.5. The SMILES string of the molecule is C[C@@H]([NH2+]C1CCCCCCC1)C(=O)Nc1ccc2c(c1)OCCO2. The molecule has 1 atom stereocenters. The molecule has 2 aliphatic rings. The zero-order valence-electron chi connectivity index (χ0n) is 14.6. The predicted octanol–water partition coefficient (Wildman–Crippen LogP) is 2.46. The lowest BCUT2D eigenvalue weighted by molar-refractivity contribution is -0.707. The van der Waals surface area contributed by atoms with E-state index in [1.54, 1.807) is 0 Å². The van der Waals surface area contributed by atoms with Gasteiger partial charge in [0, 0.05) is 11.8 Å². The van der Waals surface area contributed by atoms with Gasteiger partial charge in [-0.1, -0.05) is 19.3 Å². The van der Waals surface area contributed by atoms with Crippen molar-refractivity contribution in [2.75, 3.05) is 18.5 Å². The van der Waals surface area contributed by atoms with Gasteiger partial charge < -0.3 is 20.1 Å². The van der Waals surface area contributed by atoms with Crippen molar-refractivity contribution in [3.63, 3.8) is 0 Å². The first-order valence-corrected chi connectivity index (χ1v) is 9.28. The van der Waals surface area contributed by atoms with Crippen molar-refractivity contribution in [3.8, 4) is 11.5 Å². The highest BCUT2D eigenvalue weighted by atomic mass is 16.6. The summed E-state index contributed by atoms with van der Waals surface area (Å²) in [5.41, 5.74) is 0.766. The zero-order chi connectivity index (χ0) is 16.8. The van der Waals surface area contributed by atoms with Crippen LogP contribution in [0.2, 0.25) is 0 Å². The van der Waals surface area contributed by atoms with Crippen LogP contribution in [0.3, 0.4) is 0 Å². The number of fused-ring (bicyclic) bond motifs is 1. The minimum atomic E-state index is -0.0809. The molecule has 0 aromatic heterocycles. The molecule has 24 heavy (non-hydrogen) atoms. The number of amides is 1. The van der Waals surface area contributed by atoms with Crippen LogP contribution in [0.25, 0.3) is 0 Å². The highest BCUT2D eigenvalue weighted by Gasteiger charge is 2.23. The second-order valence-electron chi connectivity index (χ2n) is 6.93. The fraction of sp³-hybridized carbons (Fsp3) is 0.632. The minimum Gasteiger partial charge on any atom is -0.486 e. The van der Waals surface area contributed by atoms with Gasteiger partial charge >= 0.3 is 0 Å². The van der Waals surface area contributed by atoms with Crippen LogP contribution in [0.15, 0.2) is 18.2 Å². The highest BCUT2D eigenvalue weighted by Crippen LogP contribution is 2.32. The van der Waals surface area contributed by atoms with E-state index in [1.807, 2.05) is 25.1 Å². The molecule has 1 amide bonds. The average Bonchev–Trinajstić information content (AvgIpc) is 2.57. The third kappa shape index (κ3) is 4.63. The number of nitrogens with two attached hydrogens (primary N) is 1. The van der Waals surface area contributed by atoms with Crippen LogP contribution < -0.4 is 20.1 Å². The lowest BCUT2D eigenvalue weighted by Gasteiger charge is -2.22. The maximum Gasteiger partial charge on any atom is 0.282 e. The van der Waals surface area contributed by atoms with Gasteiger partial charge in [-0.05, 0) is 44.7 Å². The topological polar surface area (TPSA) is 64.2 Å². The van der Waals surface area contributed by atoms with Crippen LogP contribution in [-0.4, -0.2) is 31.2 Å². The van der Waals surface area contributed by atoms with Gasteiger partial charge in [0.2, 0.25) is 0 Å². The number of quaternary nitrogens is 1. The van der Waals surface area contributed by atoms with Gasteiger partial charge in [-0.25, -0.2) is 0 Å². The van der Waals surface area contributed by atoms with Crippen LogP contribution in [0.1, 0.15) is 51.9 Å². The van der Waals surface area contributed by atoms with E-state index in [1.165, 1.54) is 44.9 Å². The lowest BCUT2D eigenvalue weighted by atomic mass is 9.96. The Bertz CT molecular complexity index is 554. The molecule has 5 nitrogen and oxygen atoms in total. The van der Waals surface area contributed by atoms with Crippen LogP contribution >= 0.6 is 0 Å². The Kier molecular flexibility index (Phi) is 5.96. The Morgan fingerprint density at radius 1 is 1.08 bits per heavy atom. The number of nitrogens with one attached hydrogen (secondary N) is 1. The molecule has 3 N–H and O–H groups in total. The van der Waals surface area contributed by atoms with Crippen molar-refractivity contribution in [2.45, 2.75) is 64.0 Å². The predicted molar refractivity (Wildman–Crippen MR) is 93.6 cm³/mol. The second kappa shape index (κ2) is 8.38. The molecule has 1 aliphatic carbocycles. The Morgan fingerprint density at radius 3 is 2.50 bits per heavy atom. The first-order valence-electron chi connectivity index (χ1n) is 9.28. The van der Waals surface area contributed by atoms with Crippen molar-refractivity contribution in [3.05, 3.63) is 18.2 Å². The molecule has 0 bridgehead atoms. The minimum absolute atomic E-state index is 0.0498. The molecule has 0 spiro atoms. The Morgan fingerprint density at radius 2 is 1.75 bits per heavy atom. The van der Waals surface area contributed by atoms with Crippen LogP contribution in [-0.2, 0) is 4.79 Å². The van der Waals surface area contributed by atoms with E-state index in [-0.39, 0.29) is 11.9 Å². The molecule has 1 saturated carbocycles. The Labute approximate surface area is 144 Å². The van der Waals surface area contributed by atoms with Gasteiger partial charge in [0.1, 0.15) is 13.2 Å². The smallest absolute Gasteiger partial charge is 0.282 e. The van der Waals surface area contributed by atoms with Crippen molar-refractivity contribution in [1.29, 1.82) is 0 Å².